The number of esters is 2. The number of fused-ring (bicyclic) bond motifs is 1. The van der Waals surface area contributed by atoms with Gasteiger partial charge >= 0.3 is 11.9 Å². The molecule has 0 aromatic heterocycles. The van der Waals surface area contributed by atoms with E-state index >= 15 is 0 Å². The van der Waals surface area contributed by atoms with Crippen LogP contribution in [0.2, 0.25) is 0 Å². The summed E-state index contributed by atoms with van der Waals surface area (Å²) in [5, 5.41) is 0. The van der Waals surface area contributed by atoms with Gasteiger partial charge in [0.25, 0.3) is 0 Å². The van der Waals surface area contributed by atoms with Crippen molar-refractivity contribution < 1.29 is 23.9 Å². The smallest absolute Gasteiger partial charge is 0.323 e. The van der Waals surface area contributed by atoms with Crippen LogP contribution in [0.25, 0.3) is 0 Å². The summed E-state index contributed by atoms with van der Waals surface area (Å²) < 4.78 is 9.67. The lowest BCUT2D eigenvalue weighted by Gasteiger charge is -2.23. The van der Waals surface area contributed by atoms with E-state index < -0.39 is 17.4 Å². The molecule has 0 spiro atoms. The molecule has 1 fully saturated rings. The summed E-state index contributed by atoms with van der Waals surface area (Å²) in [5.74, 6) is 4.49. The normalized spacial score (nSPS) is 20.6. The Bertz CT molecular complexity index is 807. The van der Waals surface area contributed by atoms with Crippen LogP contribution in [-0.2, 0) is 23.9 Å². The average molecular weight is 338 g/mol. The average Bonchev–Trinajstić information content (AvgIpc) is 3.14. The Labute approximate surface area is 146 Å². The van der Waals surface area contributed by atoms with Gasteiger partial charge in [0.05, 0.1) is 19.8 Å². The van der Waals surface area contributed by atoms with Crippen molar-refractivity contribution in [3.05, 3.63) is 47.0 Å². The molecule has 25 heavy (non-hydrogen) atoms. The first-order valence-electron chi connectivity index (χ1n) is 8.02. The Morgan fingerprint density at radius 3 is 2.32 bits per heavy atom. The van der Waals surface area contributed by atoms with Crippen LogP contribution in [0.4, 0.5) is 0 Å². The van der Waals surface area contributed by atoms with Crippen LogP contribution in [0.5, 0.6) is 0 Å². The fraction of sp³-hybridized carbons (Fsp3) is 0.350. The van der Waals surface area contributed by atoms with E-state index in [0.717, 1.165) is 11.1 Å². The third-order valence-corrected chi connectivity index (χ3v) is 4.87. The number of hydrogen-bond donors (Lipinski definition) is 0. The second-order valence-corrected chi connectivity index (χ2v) is 6.29. The Balaban J connectivity index is 1.99. The van der Waals surface area contributed by atoms with E-state index in [0.29, 0.717) is 5.57 Å². The number of ketones is 1. The van der Waals surface area contributed by atoms with Gasteiger partial charge in [0.1, 0.15) is 0 Å². The highest BCUT2D eigenvalue weighted by atomic mass is 16.5. The molecule has 5 heteroatoms. The molecule has 0 amide bonds. The molecule has 0 heterocycles. The van der Waals surface area contributed by atoms with Crippen molar-refractivity contribution in [1.29, 1.82) is 0 Å². The van der Waals surface area contributed by atoms with Crippen LogP contribution in [0.1, 0.15) is 24.8 Å². The molecule has 1 unspecified atom stereocenters. The van der Waals surface area contributed by atoms with E-state index in [-0.39, 0.29) is 31.0 Å². The van der Waals surface area contributed by atoms with Gasteiger partial charge in [-0.15, -0.1) is 0 Å². The third kappa shape index (κ3) is 2.85. The van der Waals surface area contributed by atoms with Gasteiger partial charge in [-0.05, 0) is 36.5 Å². The van der Waals surface area contributed by atoms with Gasteiger partial charge in [-0.2, -0.15) is 0 Å². The van der Waals surface area contributed by atoms with Crippen molar-refractivity contribution in [2.24, 2.45) is 11.3 Å². The first kappa shape index (κ1) is 17.0. The minimum Gasteiger partial charge on any atom is -0.468 e. The van der Waals surface area contributed by atoms with Crippen LogP contribution in [0.15, 0.2) is 41.5 Å². The minimum absolute atomic E-state index is 0.0354. The molecule has 0 bridgehead atoms. The second kappa shape index (κ2) is 6.56. The quantitative estimate of drug-likeness (QED) is 0.469. The summed E-state index contributed by atoms with van der Waals surface area (Å²) in [6.07, 6.45) is 0.620. The second-order valence-electron chi connectivity index (χ2n) is 6.29. The van der Waals surface area contributed by atoms with Crippen molar-refractivity contribution in [2.45, 2.75) is 19.3 Å². The van der Waals surface area contributed by atoms with Gasteiger partial charge in [-0.3, -0.25) is 14.4 Å². The maximum absolute atomic E-state index is 12.3. The molecule has 0 radical (unpaired) electrons. The molecule has 0 aliphatic heterocycles. The lowest BCUT2D eigenvalue weighted by Crippen LogP contribution is -2.39. The number of ether oxygens (including phenoxy) is 2. The summed E-state index contributed by atoms with van der Waals surface area (Å²) in [4.78, 5) is 36.8. The molecule has 1 aromatic rings. The number of carbonyl (C=O) groups excluding carboxylic acids is 3. The van der Waals surface area contributed by atoms with E-state index in [2.05, 4.69) is 11.8 Å². The topological polar surface area (TPSA) is 69.7 Å². The Hall–Kier alpha value is -2.87. The molecule has 1 aromatic carbocycles. The molecule has 3 rings (SSSR count). The Morgan fingerprint density at radius 2 is 1.72 bits per heavy atom. The van der Waals surface area contributed by atoms with Crippen molar-refractivity contribution in [3.63, 3.8) is 0 Å². The number of Topliss-reactive ketones (excluding diaryl/α,β-unsaturated/α-hetero) is 1. The standard InChI is InChI=1S/C20H18O5/c1-24-18(22)20(19(23)25-2)11-14-10-17(21)15(16(14)12-20)9-8-13-6-4-3-5-7-13/h3-7,14H,10-12H2,1-2H3. The number of hydrogen-bond acceptors (Lipinski definition) is 5. The van der Waals surface area contributed by atoms with Crippen molar-refractivity contribution in [2.75, 3.05) is 14.2 Å². The van der Waals surface area contributed by atoms with Gasteiger partial charge < -0.3 is 9.47 Å². The van der Waals surface area contributed by atoms with E-state index in [1.54, 1.807) is 0 Å². The molecule has 2 aliphatic rings. The number of methoxy groups -OCH3 is 2. The highest BCUT2D eigenvalue weighted by Crippen LogP contribution is 2.52. The van der Waals surface area contributed by atoms with Gasteiger partial charge in [0, 0.05) is 12.0 Å². The van der Waals surface area contributed by atoms with Crippen LogP contribution in [0.3, 0.4) is 0 Å². The van der Waals surface area contributed by atoms with Gasteiger partial charge in [0.15, 0.2) is 11.2 Å². The zero-order valence-corrected chi connectivity index (χ0v) is 14.1. The number of benzene rings is 1. The number of rotatable bonds is 2. The van der Waals surface area contributed by atoms with Crippen LogP contribution in [-0.4, -0.2) is 31.9 Å². The van der Waals surface area contributed by atoms with Crippen molar-refractivity contribution in [3.8, 4) is 11.8 Å². The fourth-order valence-electron chi connectivity index (χ4n) is 3.67. The maximum Gasteiger partial charge on any atom is 0.323 e. The molecule has 5 nitrogen and oxygen atoms in total. The first-order valence-corrected chi connectivity index (χ1v) is 8.02. The lowest BCUT2D eigenvalue weighted by atomic mass is 9.83. The largest absolute Gasteiger partial charge is 0.468 e. The lowest BCUT2D eigenvalue weighted by molar-refractivity contribution is -0.168. The molecular formula is C20H18O5. The highest BCUT2D eigenvalue weighted by molar-refractivity contribution is 6.06. The zero-order chi connectivity index (χ0) is 18.0. The number of allylic oxidation sites excluding steroid dienone is 2. The minimum atomic E-state index is -1.37. The van der Waals surface area contributed by atoms with E-state index in [4.69, 9.17) is 9.47 Å². The zero-order valence-electron chi connectivity index (χ0n) is 14.1. The monoisotopic (exact) mass is 338 g/mol. The van der Waals surface area contributed by atoms with E-state index in [1.807, 2.05) is 30.3 Å². The fourth-order valence-corrected chi connectivity index (χ4v) is 3.67. The molecule has 0 N–H and O–H groups in total. The highest BCUT2D eigenvalue weighted by Gasteiger charge is 2.58. The van der Waals surface area contributed by atoms with E-state index in [1.165, 1.54) is 14.2 Å². The van der Waals surface area contributed by atoms with Gasteiger partial charge in [-0.25, -0.2) is 0 Å². The molecule has 128 valence electrons. The maximum atomic E-state index is 12.3. The van der Waals surface area contributed by atoms with Crippen molar-refractivity contribution in [1.82, 2.24) is 0 Å². The number of carbonyl (C=O) groups is 3. The van der Waals surface area contributed by atoms with E-state index in [9.17, 15) is 14.4 Å². The van der Waals surface area contributed by atoms with Crippen LogP contribution < -0.4 is 0 Å². The Morgan fingerprint density at radius 1 is 1.08 bits per heavy atom. The summed E-state index contributed by atoms with van der Waals surface area (Å²) in [6.45, 7) is 0. The molecule has 2 aliphatic carbocycles. The van der Waals surface area contributed by atoms with Crippen molar-refractivity contribution >= 4 is 17.7 Å². The predicted molar refractivity (Wildman–Crippen MR) is 89.2 cm³/mol. The summed E-state index contributed by atoms with van der Waals surface area (Å²) in [6, 6.07) is 9.35. The van der Waals surface area contributed by atoms with Crippen LogP contribution in [0, 0.1) is 23.2 Å². The van der Waals surface area contributed by atoms with Gasteiger partial charge in [-0.1, -0.05) is 30.0 Å². The SMILES string of the molecule is COC(=O)C1(C(=O)OC)CC2=C(C#Cc3ccccc3)C(=O)CC2C1. The molecular weight excluding hydrogens is 320 g/mol. The van der Waals surface area contributed by atoms with Crippen LogP contribution >= 0.6 is 0 Å². The third-order valence-electron chi connectivity index (χ3n) is 4.87. The van der Waals surface area contributed by atoms with Gasteiger partial charge in [0.2, 0.25) is 0 Å². The summed E-state index contributed by atoms with van der Waals surface area (Å²) >= 11 is 0. The summed E-state index contributed by atoms with van der Waals surface area (Å²) in [7, 11) is 2.49. The molecule has 1 atom stereocenters. The predicted octanol–water partition coefficient (Wildman–Crippen LogP) is 2.05. The first-order chi connectivity index (χ1) is 12.0. The Kier molecular flexibility index (Phi) is 4.45. The molecule has 0 saturated heterocycles. The summed E-state index contributed by atoms with van der Waals surface area (Å²) in [5.41, 5.74) is 0.619. The molecule has 1 saturated carbocycles.